The smallest absolute Gasteiger partial charge is 0.0842 e. The SMILES string of the molecule is NC[C@@H](CN1CCCC1)[C@@H](O)c1ccccc1. The van der Waals surface area contributed by atoms with Crippen molar-refractivity contribution in [2.75, 3.05) is 26.2 Å². The van der Waals surface area contributed by atoms with E-state index >= 15 is 0 Å². The third-order valence-corrected chi connectivity index (χ3v) is 3.58. The third kappa shape index (κ3) is 3.28. The highest BCUT2D eigenvalue weighted by atomic mass is 16.3. The molecule has 0 spiro atoms. The fourth-order valence-corrected chi connectivity index (χ4v) is 2.52. The Morgan fingerprint density at radius 3 is 2.41 bits per heavy atom. The summed E-state index contributed by atoms with van der Waals surface area (Å²) in [5, 5.41) is 10.3. The first kappa shape index (κ1) is 12.6. The van der Waals surface area contributed by atoms with Gasteiger partial charge in [0.15, 0.2) is 0 Å². The van der Waals surface area contributed by atoms with Crippen LogP contribution in [0, 0.1) is 5.92 Å². The van der Waals surface area contributed by atoms with E-state index in [0.717, 1.165) is 25.2 Å². The van der Waals surface area contributed by atoms with E-state index in [1.165, 1.54) is 12.8 Å². The molecule has 0 saturated carbocycles. The first-order valence-electron chi connectivity index (χ1n) is 6.46. The van der Waals surface area contributed by atoms with Gasteiger partial charge in [-0.25, -0.2) is 0 Å². The Kier molecular flexibility index (Phi) is 4.54. The highest BCUT2D eigenvalue weighted by molar-refractivity contribution is 5.18. The van der Waals surface area contributed by atoms with Crippen LogP contribution in [0.1, 0.15) is 24.5 Å². The molecule has 2 atom stereocenters. The lowest BCUT2D eigenvalue weighted by atomic mass is 9.95. The minimum atomic E-state index is -0.443. The number of aliphatic hydroxyl groups is 1. The number of aliphatic hydroxyl groups excluding tert-OH is 1. The molecule has 1 fully saturated rings. The molecule has 94 valence electrons. The Labute approximate surface area is 103 Å². The maximum Gasteiger partial charge on any atom is 0.0842 e. The van der Waals surface area contributed by atoms with Crippen LogP contribution >= 0.6 is 0 Å². The van der Waals surface area contributed by atoms with Crippen molar-refractivity contribution in [3.63, 3.8) is 0 Å². The molecule has 1 saturated heterocycles. The van der Waals surface area contributed by atoms with Gasteiger partial charge in [0.2, 0.25) is 0 Å². The van der Waals surface area contributed by atoms with Crippen LogP contribution in [-0.2, 0) is 0 Å². The van der Waals surface area contributed by atoms with Crippen molar-refractivity contribution in [1.29, 1.82) is 0 Å². The first-order chi connectivity index (χ1) is 8.31. The van der Waals surface area contributed by atoms with Gasteiger partial charge in [-0.3, -0.25) is 0 Å². The van der Waals surface area contributed by atoms with Gasteiger partial charge in [0.1, 0.15) is 0 Å². The van der Waals surface area contributed by atoms with Gasteiger partial charge in [-0.15, -0.1) is 0 Å². The van der Waals surface area contributed by atoms with Crippen LogP contribution in [0.2, 0.25) is 0 Å². The van der Waals surface area contributed by atoms with Crippen molar-refractivity contribution in [2.24, 2.45) is 11.7 Å². The molecule has 0 radical (unpaired) electrons. The monoisotopic (exact) mass is 234 g/mol. The number of likely N-dealkylation sites (tertiary alicyclic amines) is 1. The molecule has 3 N–H and O–H groups in total. The van der Waals surface area contributed by atoms with Crippen LogP contribution in [-0.4, -0.2) is 36.2 Å². The van der Waals surface area contributed by atoms with E-state index in [2.05, 4.69) is 4.90 Å². The topological polar surface area (TPSA) is 49.5 Å². The minimum Gasteiger partial charge on any atom is -0.388 e. The normalized spacial score (nSPS) is 20.4. The molecule has 3 nitrogen and oxygen atoms in total. The van der Waals surface area contributed by atoms with Crippen molar-refractivity contribution in [3.8, 4) is 0 Å². The van der Waals surface area contributed by atoms with Crippen LogP contribution in [0.5, 0.6) is 0 Å². The third-order valence-electron chi connectivity index (χ3n) is 3.58. The van der Waals surface area contributed by atoms with Crippen molar-refractivity contribution in [1.82, 2.24) is 4.90 Å². The molecular formula is C14H22N2O. The van der Waals surface area contributed by atoms with Crippen LogP contribution in [0.15, 0.2) is 30.3 Å². The van der Waals surface area contributed by atoms with Crippen LogP contribution in [0.4, 0.5) is 0 Å². The van der Waals surface area contributed by atoms with Gasteiger partial charge in [-0.2, -0.15) is 0 Å². The second-order valence-corrected chi connectivity index (χ2v) is 4.86. The molecule has 0 bridgehead atoms. The standard InChI is InChI=1S/C14H22N2O/c15-10-13(11-16-8-4-5-9-16)14(17)12-6-2-1-3-7-12/h1-3,6-7,13-14,17H,4-5,8-11,15H2/t13-,14-/m0/s1. The predicted octanol–water partition coefficient (Wildman–Crippen LogP) is 1.39. The number of nitrogens with two attached hydrogens (primary N) is 1. The molecule has 0 amide bonds. The van der Waals surface area contributed by atoms with Crippen molar-refractivity contribution >= 4 is 0 Å². The van der Waals surface area contributed by atoms with Crippen molar-refractivity contribution < 1.29 is 5.11 Å². The van der Waals surface area contributed by atoms with Gasteiger partial charge in [0.05, 0.1) is 6.10 Å². The van der Waals surface area contributed by atoms with Crippen molar-refractivity contribution in [2.45, 2.75) is 18.9 Å². The van der Waals surface area contributed by atoms with Crippen LogP contribution in [0.3, 0.4) is 0 Å². The molecule has 0 aromatic heterocycles. The van der Waals surface area contributed by atoms with Crippen LogP contribution in [0.25, 0.3) is 0 Å². The molecule has 1 aliphatic heterocycles. The van der Waals surface area contributed by atoms with E-state index in [4.69, 9.17) is 5.73 Å². The number of rotatable bonds is 5. The number of hydrogen-bond acceptors (Lipinski definition) is 3. The minimum absolute atomic E-state index is 0.135. The van der Waals surface area contributed by atoms with Gasteiger partial charge in [0, 0.05) is 12.5 Å². The molecule has 1 heterocycles. The highest BCUT2D eigenvalue weighted by Crippen LogP contribution is 2.23. The lowest BCUT2D eigenvalue weighted by molar-refractivity contribution is 0.0891. The average molecular weight is 234 g/mol. The molecule has 1 aliphatic rings. The Morgan fingerprint density at radius 2 is 1.82 bits per heavy atom. The van der Waals surface area contributed by atoms with E-state index in [-0.39, 0.29) is 5.92 Å². The van der Waals surface area contributed by atoms with Gasteiger partial charge >= 0.3 is 0 Å². The van der Waals surface area contributed by atoms with E-state index in [9.17, 15) is 5.11 Å². The molecule has 0 unspecified atom stereocenters. The Morgan fingerprint density at radius 1 is 1.18 bits per heavy atom. The Hall–Kier alpha value is -0.900. The molecule has 3 heteroatoms. The summed E-state index contributed by atoms with van der Waals surface area (Å²) in [4.78, 5) is 2.41. The molecule has 0 aliphatic carbocycles. The summed E-state index contributed by atoms with van der Waals surface area (Å²) in [7, 11) is 0. The largest absolute Gasteiger partial charge is 0.388 e. The summed E-state index contributed by atoms with van der Waals surface area (Å²) in [6.07, 6.45) is 2.11. The summed E-state index contributed by atoms with van der Waals surface area (Å²) >= 11 is 0. The summed E-state index contributed by atoms with van der Waals surface area (Å²) in [6.45, 7) is 3.75. The molecule has 2 rings (SSSR count). The number of benzene rings is 1. The molecule has 17 heavy (non-hydrogen) atoms. The van der Waals surface area contributed by atoms with Gasteiger partial charge in [-0.1, -0.05) is 30.3 Å². The van der Waals surface area contributed by atoms with Gasteiger partial charge in [0.25, 0.3) is 0 Å². The lowest BCUT2D eigenvalue weighted by Crippen LogP contribution is -2.34. The fourth-order valence-electron chi connectivity index (χ4n) is 2.52. The second-order valence-electron chi connectivity index (χ2n) is 4.86. The molecule has 1 aromatic carbocycles. The van der Waals surface area contributed by atoms with E-state index in [1.807, 2.05) is 30.3 Å². The second kappa shape index (κ2) is 6.15. The zero-order valence-electron chi connectivity index (χ0n) is 10.3. The van der Waals surface area contributed by atoms with Crippen LogP contribution < -0.4 is 5.73 Å². The van der Waals surface area contributed by atoms with Crippen molar-refractivity contribution in [3.05, 3.63) is 35.9 Å². The zero-order valence-corrected chi connectivity index (χ0v) is 10.3. The molecule has 1 aromatic rings. The summed E-state index contributed by atoms with van der Waals surface area (Å²) in [5.41, 5.74) is 6.78. The predicted molar refractivity (Wildman–Crippen MR) is 69.6 cm³/mol. The Balaban J connectivity index is 1.97. The highest BCUT2D eigenvalue weighted by Gasteiger charge is 2.23. The zero-order chi connectivity index (χ0) is 12.1. The maximum atomic E-state index is 10.3. The van der Waals surface area contributed by atoms with E-state index in [1.54, 1.807) is 0 Å². The maximum absolute atomic E-state index is 10.3. The van der Waals surface area contributed by atoms with Gasteiger partial charge in [-0.05, 0) is 38.0 Å². The quantitative estimate of drug-likeness (QED) is 0.809. The summed E-state index contributed by atoms with van der Waals surface area (Å²) in [5.74, 6) is 0.135. The van der Waals surface area contributed by atoms with Gasteiger partial charge < -0.3 is 15.7 Å². The van der Waals surface area contributed by atoms with E-state index in [0.29, 0.717) is 6.54 Å². The first-order valence-corrected chi connectivity index (χ1v) is 6.46. The fraction of sp³-hybridized carbons (Fsp3) is 0.571. The summed E-state index contributed by atoms with van der Waals surface area (Å²) < 4.78 is 0. The van der Waals surface area contributed by atoms with E-state index < -0.39 is 6.10 Å². The number of hydrogen-bond donors (Lipinski definition) is 2. The number of nitrogens with zero attached hydrogens (tertiary/aromatic N) is 1. The summed E-state index contributed by atoms with van der Waals surface area (Å²) in [6, 6.07) is 9.83. The lowest BCUT2D eigenvalue weighted by Gasteiger charge is -2.26. The average Bonchev–Trinajstić information content (AvgIpc) is 2.89. The molecular weight excluding hydrogens is 212 g/mol. The Bertz CT molecular complexity index is 322.